The summed E-state index contributed by atoms with van der Waals surface area (Å²) in [4.78, 5) is 68.3. The third kappa shape index (κ3) is 17.1. The summed E-state index contributed by atoms with van der Waals surface area (Å²) in [5.41, 5.74) is 15.6. The Morgan fingerprint density at radius 1 is 0.765 bits per heavy atom. The van der Waals surface area contributed by atoms with Crippen LogP contribution in [0.1, 0.15) is 47.3 Å². The maximum absolute atomic E-state index is 14.7. The maximum Gasteiger partial charge on any atom is 0.326 e. The Hall–Kier alpha value is -6.91. The minimum atomic E-state index is -1.28. The van der Waals surface area contributed by atoms with Crippen LogP contribution in [0, 0.1) is 5.82 Å². The predicted molar refractivity (Wildman–Crippen MR) is 251 cm³/mol. The number of anilines is 3. The van der Waals surface area contributed by atoms with Gasteiger partial charge in [0.15, 0.2) is 17.0 Å². The number of fused-ring (bicyclic) bond motifs is 1. The first-order valence-electron chi connectivity index (χ1n) is 22.1. The molecule has 0 bridgehead atoms. The fourth-order valence-corrected chi connectivity index (χ4v) is 6.57. The fraction of sp³-hybridized carbons (Fsp3) is 0.404. The number of hydrogen-bond donors (Lipinski definition) is 6. The van der Waals surface area contributed by atoms with Crippen LogP contribution in [0.5, 0.6) is 0 Å². The Morgan fingerprint density at radius 2 is 1.37 bits per heavy atom. The van der Waals surface area contributed by atoms with Gasteiger partial charge in [-0.15, -0.1) is 0 Å². The molecule has 68 heavy (non-hydrogen) atoms. The number of ether oxygens (including phenoxy) is 5. The number of aromatic nitrogens is 4. The molecule has 3 aromatic carbocycles. The number of nitrogen functional groups attached to an aromatic ring is 2. The Labute approximate surface area is 393 Å². The smallest absolute Gasteiger partial charge is 0.326 e. The average molecular weight is 943 g/mol. The monoisotopic (exact) mass is 942 g/mol. The molecule has 364 valence electrons. The number of carbonyl (C=O) groups is 4. The summed E-state index contributed by atoms with van der Waals surface area (Å²) >= 11 is 0. The van der Waals surface area contributed by atoms with Crippen LogP contribution in [0.4, 0.5) is 21.8 Å². The molecule has 5 rings (SSSR count). The topological polar surface area (TPSA) is 278 Å². The quantitative estimate of drug-likeness (QED) is 0.0361. The molecule has 2 atom stereocenters. The Balaban J connectivity index is 0.812. The lowest BCUT2D eigenvalue weighted by Gasteiger charge is -2.19. The predicted octanol–water partition coefficient (Wildman–Crippen LogP) is 3.11. The molecule has 0 aliphatic carbocycles. The van der Waals surface area contributed by atoms with E-state index in [2.05, 4.69) is 35.9 Å². The molecule has 0 fully saturated rings. The Bertz CT molecular complexity index is 2400. The molecule has 21 heteroatoms. The van der Waals surface area contributed by atoms with Crippen LogP contribution in [0.2, 0.25) is 0 Å². The SMILES string of the molecule is C[C@H](C(=O)NCCOCCOCCOCCOCCOCCNC(=O)CCC(NC(=O)c1ccc(N(C)Cc2cnc3nc(N)nc(N)c3n2)cc1)C(=O)O)c1ccc(-c2ccccc2)c(F)c1. The van der Waals surface area contributed by atoms with Crippen molar-refractivity contribution in [1.82, 2.24) is 35.9 Å². The molecule has 0 aliphatic rings. The third-order valence-electron chi connectivity index (χ3n) is 10.3. The van der Waals surface area contributed by atoms with Crippen LogP contribution < -0.4 is 32.3 Å². The summed E-state index contributed by atoms with van der Waals surface area (Å²) in [6, 6.07) is 19.4. The zero-order chi connectivity index (χ0) is 48.7. The number of halogens is 1. The van der Waals surface area contributed by atoms with Crippen LogP contribution in [0.3, 0.4) is 0 Å². The number of aliphatic carboxylic acids is 1. The molecule has 20 nitrogen and oxygen atoms in total. The van der Waals surface area contributed by atoms with Crippen molar-refractivity contribution in [3.63, 3.8) is 0 Å². The summed E-state index contributed by atoms with van der Waals surface area (Å²) in [6.45, 7) is 5.99. The van der Waals surface area contributed by atoms with Gasteiger partial charge in [0.2, 0.25) is 17.8 Å². The lowest BCUT2D eigenvalue weighted by molar-refractivity contribution is -0.139. The van der Waals surface area contributed by atoms with Crippen LogP contribution in [0.25, 0.3) is 22.3 Å². The second-order valence-corrected chi connectivity index (χ2v) is 15.3. The van der Waals surface area contributed by atoms with E-state index in [1.54, 1.807) is 49.5 Å². The van der Waals surface area contributed by atoms with E-state index in [-0.39, 0.29) is 66.6 Å². The second kappa shape index (κ2) is 27.7. The minimum Gasteiger partial charge on any atom is -0.480 e. The van der Waals surface area contributed by atoms with Crippen molar-refractivity contribution in [2.45, 2.75) is 38.3 Å². The summed E-state index contributed by atoms with van der Waals surface area (Å²) in [7, 11) is 1.83. The van der Waals surface area contributed by atoms with E-state index in [9.17, 15) is 28.7 Å². The van der Waals surface area contributed by atoms with Gasteiger partial charge in [-0.2, -0.15) is 9.97 Å². The molecular formula is C47H59FN10O10. The van der Waals surface area contributed by atoms with Gasteiger partial charge < -0.3 is 61.1 Å². The van der Waals surface area contributed by atoms with Gasteiger partial charge in [0.05, 0.1) is 90.4 Å². The molecule has 0 aliphatic heterocycles. The van der Waals surface area contributed by atoms with Crippen LogP contribution >= 0.6 is 0 Å². The van der Waals surface area contributed by atoms with Gasteiger partial charge in [-0.25, -0.2) is 19.2 Å². The molecule has 5 aromatic rings. The molecule has 3 amide bonds. The van der Waals surface area contributed by atoms with Gasteiger partial charge in [0.1, 0.15) is 11.9 Å². The number of benzene rings is 3. The number of nitrogens with one attached hydrogen (secondary N) is 3. The van der Waals surface area contributed by atoms with Crippen molar-refractivity contribution < 1.29 is 52.4 Å². The van der Waals surface area contributed by atoms with Crippen LogP contribution in [-0.4, -0.2) is 141 Å². The third-order valence-corrected chi connectivity index (χ3v) is 10.3. The van der Waals surface area contributed by atoms with E-state index in [0.717, 1.165) is 11.3 Å². The molecule has 0 saturated heterocycles. The molecule has 0 radical (unpaired) electrons. The first kappa shape index (κ1) is 52.1. The molecule has 2 aromatic heterocycles. The molecule has 1 unspecified atom stereocenters. The molecule has 2 heterocycles. The number of nitrogens with two attached hydrogens (primary N) is 2. The van der Waals surface area contributed by atoms with E-state index in [1.165, 1.54) is 6.07 Å². The highest BCUT2D eigenvalue weighted by Gasteiger charge is 2.22. The number of carbonyl (C=O) groups excluding carboxylic acids is 3. The molecule has 0 saturated carbocycles. The van der Waals surface area contributed by atoms with Crippen molar-refractivity contribution in [2.24, 2.45) is 0 Å². The number of nitrogens with zero attached hydrogens (tertiary/aromatic N) is 5. The highest BCUT2D eigenvalue weighted by atomic mass is 19.1. The lowest BCUT2D eigenvalue weighted by atomic mass is 9.96. The van der Waals surface area contributed by atoms with Gasteiger partial charge in [-0.1, -0.05) is 42.5 Å². The van der Waals surface area contributed by atoms with Gasteiger partial charge in [-0.3, -0.25) is 14.4 Å². The van der Waals surface area contributed by atoms with E-state index in [0.29, 0.717) is 94.9 Å². The minimum absolute atomic E-state index is 0.00482. The number of amides is 3. The second-order valence-electron chi connectivity index (χ2n) is 15.3. The molecule has 8 N–H and O–H groups in total. The van der Waals surface area contributed by atoms with Crippen molar-refractivity contribution in [3.8, 4) is 11.1 Å². The highest BCUT2D eigenvalue weighted by Crippen LogP contribution is 2.26. The largest absolute Gasteiger partial charge is 0.480 e. The standard InChI is InChI=1S/C47H59FN10O10/c1-31(34-10-13-37(38(48)28-34)32-6-4-3-5-7-32)44(60)52-17-19-65-21-23-67-25-27-68-26-24-66-22-20-64-18-16-51-40(59)15-14-39(46(62)63)55-45(61)33-8-11-36(12-9-33)58(2)30-35-29-53-43-41(54-35)42(49)56-47(50)57-43/h3-13,28-29,31,39H,14-27,30H2,1-2H3,(H,51,59)(H,52,60)(H,55,61)(H,62,63)(H4,49,50,53,56,57)/t31-,39?/m0/s1. The Kier molecular flexibility index (Phi) is 21.2. The number of hydrogen-bond acceptors (Lipinski definition) is 16. The average Bonchev–Trinajstić information content (AvgIpc) is 3.33. The van der Waals surface area contributed by atoms with E-state index >= 15 is 0 Å². The summed E-state index contributed by atoms with van der Waals surface area (Å²) in [5, 5.41) is 17.7. The highest BCUT2D eigenvalue weighted by molar-refractivity contribution is 5.97. The zero-order valence-corrected chi connectivity index (χ0v) is 38.2. The molecule has 0 spiro atoms. The maximum atomic E-state index is 14.7. The number of rotatable bonds is 30. The van der Waals surface area contributed by atoms with Gasteiger partial charge in [-0.05, 0) is 54.8 Å². The van der Waals surface area contributed by atoms with Crippen molar-refractivity contribution in [1.29, 1.82) is 0 Å². The van der Waals surface area contributed by atoms with Crippen LogP contribution in [0.15, 0.2) is 79.0 Å². The van der Waals surface area contributed by atoms with E-state index in [4.69, 9.17) is 35.2 Å². The summed E-state index contributed by atoms with van der Waals surface area (Å²) < 4.78 is 42.2. The fourth-order valence-electron chi connectivity index (χ4n) is 6.57. The Morgan fingerprint density at radius 3 is 1.97 bits per heavy atom. The normalized spacial score (nSPS) is 12.0. The van der Waals surface area contributed by atoms with Crippen molar-refractivity contribution >= 4 is 52.3 Å². The van der Waals surface area contributed by atoms with Crippen molar-refractivity contribution in [2.75, 3.05) is 103 Å². The first-order valence-corrected chi connectivity index (χ1v) is 22.1. The summed E-state index contributed by atoms with van der Waals surface area (Å²) in [6.07, 6.45) is 1.33. The number of carboxylic acids is 1. The van der Waals surface area contributed by atoms with Gasteiger partial charge in [0.25, 0.3) is 5.91 Å². The van der Waals surface area contributed by atoms with Crippen LogP contribution in [-0.2, 0) is 44.6 Å². The van der Waals surface area contributed by atoms with Gasteiger partial charge >= 0.3 is 5.97 Å². The zero-order valence-electron chi connectivity index (χ0n) is 38.2. The van der Waals surface area contributed by atoms with E-state index in [1.807, 2.05) is 42.3 Å². The number of carboxylic acid groups (broad SMARTS) is 1. The van der Waals surface area contributed by atoms with Crippen molar-refractivity contribution in [3.05, 3.63) is 102 Å². The first-order chi connectivity index (χ1) is 32.9. The van der Waals surface area contributed by atoms with Gasteiger partial charge in [0, 0.05) is 43.4 Å². The lowest BCUT2D eigenvalue weighted by Crippen LogP contribution is -2.41. The molecular weight excluding hydrogens is 884 g/mol. The summed E-state index contributed by atoms with van der Waals surface area (Å²) in [5.74, 6) is -3.21. The van der Waals surface area contributed by atoms with E-state index < -0.39 is 23.8 Å².